The van der Waals surface area contributed by atoms with Gasteiger partial charge in [-0.2, -0.15) is 0 Å². The van der Waals surface area contributed by atoms with Crippen LogP contribution in [0.15, 0.2) is 83.9 Å². The number of benzene rings is 3. The van der Waals surface area contributed by atoms with Gasteiger partial charge in [-0.15, -0.1) is 0 Å². The van der Waals surface area contributed by atoms with Crippen LogP contribution in [-0.2, 0) is 5.41 Å². The first-order chi connectivity index (χ1) is 15.2. The number of ether oxygens (including phenoxy) is 1. The van der Waals surface area contributed by atoms with Crippen molar-refractivity contribution in [3.8, 4) is 11.5 Å². The molecule has 4 aliphatic carbocycles. The van der Waals surface area contributed by atoms with Crippen molar-refractivity contribution in [2.75, 3.05) is 0 Å². The largest absolute Gasteiger partial charge is 0.457 e. The van der Waals surface area contributed by atoms with Gasteiger partial charge in [-0.05, 0) is 121 Å². The van der Waals surface area contributed by atoms with Crippen molar-refractivity contribution in [1.82, 2.24) is 0 Å². The zero-order valence-corrected chi connectivity index (χ0v) is 17.9. The van der Waals surface area contributed by atoms with Gasteiger partial charge in [-0.25, -0.2) is 0 Å². The summed E-state index contributed by atoms with van der Waals surface area (Å²) in [7, 11) is 0. The molecule has 4 saturated carbocycles. The maximum atomic E-state index is 5.87. The summed E-state index contributed by atoms with van der Waals surface area (Å²) in [6.45, 7) is 0. The molecule has 7 rings (SSSR count). The maximum absolute atomic E-state index is 5.87. The highest BCUT2D eigenvalue weighted by Gasteiger charge is 2.51. The van der Waals surface area contributed by atoms with E-state index in [9.17, 15) is 0 Å². The summed E-state index contributed by atoms with van der Waals surface area (Å²) < 4.78 is 5.87. The summed E-state index contributed by atoms with van der Waals surface area (Å²) >= 11 is 0. The lowest BCUT2D eigenvalue weighted by molar-refractivity contribution is -0.00518. The Morgan fingerprint density at radius 1 is 0.677 bits per heavy atom. The molecule has 0 unspecified atom stereocenters. The second kappa shape index (κ2) is 7.67. The SMILES string of the molecule is C(=Nc1ccc(C23CC4CC(CC(C4)C2)C3)cc1)c1ccc(Oc2ccccc2)cc1. The molecule has 0 radical (unpaired) electrons. The predicted octanol–water partition coefficient (Wildman–Crippen LogP) is 7.70. The van der Waals surface area contributed by atoms with Gasteiger partial charge >= 0.3 is 0 Å². The summed E-state index contributed by atoms with van der Waals surface area (Å²) in [4.78, 5) is 4.71. The summed E-state index contributed by atoms with van der Waals surface area (Å²) in [5.74, 6) is 4.64. The molecule has 3 aromatic rings. The standard InChI is InChI=1S/C29H29NO/c1-2-4-27(5-3-1)31-28-12-6-21(7-13-28)20-30-26-10-8-25(9-11-26)29-17-22-14-23(18-29)16-24(15-22)19-29/h1-13,20,22-24H,14-19H2. The minimum absolute atomic E-state index is 0.464. The van der Waals surface area contributed by atoms with Crippen LogP contribution in [0.2, 0.25) is 0 Å². The topological polar surface area (TPSA) is 21.6 Å². The Balaban J connectivity index is 1.13. The van der Waals surface area contributed by atoms with Crippen molar-refractivity contribution in [2.24, 2.45) is 22.7 Å². The molecule has 2 nitrogen and oxygen atoms in total. The van der Waals surface area contributed by atoms with E-state index in [4.69, 9.17) is 9.73 Å². The van der Waals surface area contributed by atoms with E-state index in [0.717, 1.165) is 40.5 Å². The molecule has 4 aliphatic rings. The number of hydrogen-bond acceptors (Lipinski definition) is 2. The first-order valence-corrected chi connectivity index (χ1v) is 11.7. The third-order valence-corrected chi connectivity index (χ3v) is 7.74. The molecule has 0 aromatic heterocycles. The lowest BCUT2D eigenvalue weighted by Crippen LogP contribution is -2.48. The van der Waals surface area contributed by atoms with Crippen LogP contribution in [-0.4, -0.2) is 6.21 Å². The second-order valence-electron chi connectivity index (χ2n) is 9.99. The molecule has 2 heteroatoms. The summed E-state index contributed by atoms with van der Waals surface area (Å²) in [5, 5.41) is 0. The fourth-order valence-corrected chi connectivity index (χ4v) is 6.76. The third kappa shape index (κ3) is 3.80. The lowest BCUT2D eigenvalue weighted by atomic mass is 9.48. The molecular formula is C29H29NO. The number of nitrogens with zero attached hydrogens (tertiary/aromatic N) is 1. The summed E-state index contributed by atoms with van der Waals surface area (Å²) in [6, 6.07) is 27.1. The molecule has 0 heterocycles. The summed E-state index contributed by atoms with van der Waals surface area (Å²) in [6.07, 6.45) is 10.7. The van der Waals surface area contributed by atoms with Gasteiger partial charge in [-0.1, -0.05) is 30.3 Å². The van der Waals surface area contributed by atoms with E-state index >= 15 is 0 Å². The van der Waals surface area contributed by atoms with E-state index in [1.54, 1.807) is 5.56 Å². The number of aliphatic imine (C=N–C) groups is 1. The van der Waals surface area contributed by atoms with E-state index in [-0.39, 0.29) is 0 Å². The van der Waals surface area contributed by atoms with Gasteiger partial charge in [0.2, 0.25) is 0 Å². The molecule has 31 heavy (non-hydrogen) atoms. The highest BCUT2D eigenvalue weighted by atomic mass is 16.5. The fraction of sp³-hybridized carbons (Fsp3) is 0.345. The molecule has 4 bridgehead atoms. The van der Waals surface area contributed by atoms with Gasteiger partial charge in [0.15, 0.2) is 0 Å². The first kappa shape index (κ1) is 18.9. The van der Waals surface area contributed by atoms with Crippen LogP contribution in [0.25, 0.3) is 0 Å². The van der Waals surface area contributed by atoms with E-state index in [1.165, 1.54) is 38.5 Å². The first-order valence-electron chi connectivity index (χ1n) is 11.7. The van der Waals surface area contributed by atoms with Crippen LogP contribution < -0.4 is 4.74 Å². The highest BCUT2D eigenvalue weighted by molar-refractivity contribution is 5.82. The Labute approximate surface area is 185 Å². The van der Waals surface area contributed by atoms with E-state index in [0.29, 0.717) is 5.41 Å². The quantitative estimate of drug-likeness (QED) is 0.397. The fourth-order valence-electron chi connectivity index (χ4n) is 6.76. The molecule has 156 valence electrons. The monoisotopic (exact) mass is 407 g/mol. The summed E-state index contributed by atoms with van der Waals surface area (Å²) in [5.41, 5.74) is 4.13. The Kier molecular flexibility index (Phi) is 4.67. The Bertz CT molecular complexity index is 1030. The zero-order valence-electron chi connectivity index (χ0n) is 17.9. The van der Waals surface area contributed by atoms with E-state index < -0.39 is 0 Å². The van der Waals surface area contributed by atoms with Gasteiger partial charge in [-0.3, -0.25) is 4.99 Å². The molecular weight excluding hydrogens is 378 g/mol. The van der Waals surface area contributed by atoms with Crippen molar-refractivity contribution in [2.45, 2.75) is 43.9 Å². The molecule has 0 spiro atoms. The molecule has 0 saturated heterocycles. The van der Waals surface area contributed by atoms with E-state index in [2.05, 4.69) is 24.3 Å². The molecule has 0 N–H and O–H groups in total. The van der Waals surface area contributed by atoms with Crippen molar-refractivity contribution in [3.05, 3.63) is 90.0 Å². The number of rotatable bonds is 5. The van der Waals surface area contributed by atoms with Crippen LogP contribution >= 0.6 is 0 Å². The normalized spacial score (nSPS) is 28.8. The second-order valence-corrected chi connectivity index (χ2v) is 9.99. The van der Waals surface area contributed by atoms with Gasteiger partial charge < -0.3 is 4.74 Å². The molecule has 0 amide bonds. The van der Waals surface area contributed by atoms with Crippen LogP contribution in [0.1, 0.15) is 49.7 Å². The van der Waals surface area contributed by atoms with Gasteiger partial charge in [0.1, 0.15) is 11.5 Å². The zero-order chi connectivity index (χ0) is 20.7. The smallest absolute Gasteiger partial charge is 0.127 e. The molecule has 4 fully saturated rings. The molecule has 0 aliphatic heterocycles. The van der Waals surface area contributed by atoms with Gasteiger partial charge in [0, 0.05) is 6.21 Å². The van der Waals surface area contributed by atoms with Crippen molar-refractivity contribution >= 4 is 11.9 Å². The van der Waals surface area contributed by atoms with Crippen molar-refractivity contribution in [3.63, 3.8) is 0 Å². The average Bonchev–Trinajstić information content (AvgIpc) is 2.79. The predicted molar refractivity (Wildman–Crippen MR) is 127 cm³/mol. The number of hydrogen-bond donors (Lipinski definition) is 0. The Morgan fingerprint density at radius 3 is 1.87 bits per heavy atom. The molecule has 0 atom stereocenters. The van der Waals surface area contributed by atoms with Crippen LogP contribution in [0, 0.1) is 17.8 Å². The maximum Gasteiger partial charge on any atom is 0.127 e. The third-order valence-electron chi connectivity index (χ3n) is 7.74. The van der Waals surface area contributed by atoms with Crippen LogP contribution in [0.4, 0.5) is 5.69 Å². The molecule has 3 aromatic carbocycles. The lowest BCUT2D eigenvalue weighted by Gasteiger charge is -2.57. The van der Waals surface area contributed by atoms with Crippen molar-refractivity contribution < 1.29 is 4.74 Å². The average molecular weight is 408 g/mol. The minimum atomic E-state index is 0.464. The number of para-hydroxylation sites is 1. The van der Waals surface area contributed by atoms with Crippen LogP contribution in [0.3, 0.4) is 0 Å². The van der Waals surface area contributed by atoms with Crippen molar-refractivity contribution in [1.29, 1.82) is 0 Å². The van der Waals surface area contributed by atoms with E-state index in [1.807, 2.05) is 60.8 Å². The Morgan fingerprint density at radius 2 is 1.26 bits per heavy atom. The van der Waals surface area contributed by atoms with Crippen LogP contribution in [0.5, 0.6) is 11.5 Å². The Hall–Kier alpha value is -2.87. The van der Waals surface area contributed by atoms with Gasteiger partial charge in [0.05, 0.1) is 5.69 Å². The highest BCUT2D eigenvalue weighted by Crippen LogP contribution is 2.60. The van der Waals surface area contributed by atoms with Gasteiger partial charge in [0.25, 0.3) is 0 Å². The minimum Gasteiger partial charge on any atom is -0.457 e.